The molecule has 3 heterocycles. The van der Waals surface area contributed by atoms with E-state index in [4.69, 9.17) is 12.2 Å². The molecule has 0 atom stereocenters. The molecule has 1 aliphatic rings. The summed E-state index contributed by atoms with van der Waals surface area (Å²) >= 11 is 6.69. The van der Waals surface area contributed by atoms with Gasteiger partial charge >= 0.3 is 0 Å². The van der Waals surface area contributed by atoms with Gasteiger partial charge < -0.3 is 0 Å². The van der Waals surface area contributed by atoms with Gasteiger partial charge in [-0.15, -0.1) is 0 Å². The lowest BCUT2D eigenvalue weighted by Crippen LogP contribution is -2.39. The number of aryl methyl sites for hydroxylation is 2. The summed E-state index contributed by atoms with van der Waals surface area (Å²) < 4.78 is 2.40. The third-order valence-corrected chi connectivity index (χ3v) is 4.49. The van der Waals surface area contributed by atoms with Gasteiger partial charge in [0.2, 0.25) is 0 Å². The van der Waals surface area contributed by atoms with E-state index >= 15 is 0 Å². The molecule has 0 N–H and O–H groups in total. The molecule has 0 unspecified atom stereocenters. The van der Waals surface area contributed by atoms with Gasteiger partial charge in [-0.2, -0.15) is 5.01 Å². The number of hydrogen-bond acceptors (Lipinski definition) is 4. The van der Waals surface area contributed by atoms with Crippen molar-refractivity contribution in [1.29, 1.82) is 0 Å². The van der Waals surface area contributed by atoms with Crippen LogP contribution in [0.5, 0.6) is 0 Å². The maximum atomic E-state index is 12.6. The van der Waals surface area contributed by atoms with Gasteiger partial charge in [0.1, 0.15) is 0 Å². The van der Waals surface area contributed by atoms with E-state index in [9.17, 15) is 4.79 Å². The fourth-order valence-electron chi connectivity index (χ4n) is 2.22. The SMILES string of the molecule is Cc1ccc(C)n1N1C(=O)/C(=C\c2ccncc2)SC1=S. The third kappa shape index (κ3) is 2.52. The molecule has 0 aromatic carbocycles. The molecule has 4 nitrogen and oxygen atoms in total. The maximum absolute atomic E-state index is 12.6. The zero-order valence-electron chi connectivity index (χ0n) is 11.6. The van der Waals surface area contributed by atoms with Crippen LogP contribution in [0, 0.1) is 13.8 Å². The van der Waals surface area contributed by atoms with Gasteiger partial charge in [0.05, 0.1) is 4.91 Å². The van der Waals surface area contributed by atoms with Crippen LogP contribution in [0.1, 0.15) is 17.0 Å². The van der Waals surface area contributed by atoms with E-state index in [1.165, 1.54) is 11.8 Å². The Kier molecular flexibility index (Phi) is 3.65. The Bertz CT molecular complexity index is 730. The van der Waals surface area contributed by atoms with Gasteiger partial charge in [-0.3, -0.25) is 14.5 Å². The minimum absolute atomic E-state index is 0.0933. The number of thioether (sulfide) groups is 1. The van der Waals surface area contributed by atoms with Gasteiger partial charge in [-0.1, -0.05) is 11.8 Å². The molecule has 1 aliphatic heterocycles. The highest BCUT2D eigenvalue weighted by Gasteiger charge is 2.34. The minimum Gasteiger partial charge on any atom is -0.266 e. The van der Waals surface area contributed by atoms with Crippen molar-refractivity contribution in [3.05, 3.63) is 58.5 Å². The first-order chi connectivity index (χ1) is 10.1. The highest BCUT2D eigenvalue weighted by atomic mass is 32.2. The van der Waals surface area contributed by atoms with E-state index in [0.717, 1.165) is 17.0 Å². The summed E-state index contributed by atoms with van der Waals surface area (Å²) in [5.74, 6) is -0.0933. The van der Waals surface area contributed by atoms with E-state index in [1.54, 1.807) is 17.4 Å². The average molecular weight is 315 g/mol. The van der Waals surface area contributed by atoms with Crippen LogP contribution >= 0.6 is 24.0 Å². The molecule has 1 saturated heterocycles. The van der Waals surface area contributed by atoms with E-state index in [1.807, 2.05) is 48.9 Å². The molecule has 3 rings (SSSR count). The Balaban J connectivity index is 1.99. The van der Waals surface area contributed by atoms with Crippen LogP contribution in [0.15, 0.2) is 41.6 Å². The van der Waals surface area contributed by atoms with Crippen LogP contribution < -0.4 is 5.01 Å². The molecule has 106 valence electrons. The second-order valence-electron chi connectivity index (χ2n) is 4.70. The molecular formula is C15H13N3OS2. The number of carbonyl (C=O) groups excluding carboxylic acids is 1. The number of pyridine rings is 1. The van der Waals surface area contributed by atoms with Gasteiger partial charge in [0.15, 0.2) is 4.32 Å². The Labute approximate surface area is 132 Å². The molecule has 21 heavy (non-hydrogen) atoms. The molecular weight excluding hydrogens is 302 g/mol. The second-order valence-corrected chi connectivity index (χ2v) is 6.38. The summed E-state index contributed by atoms with van der Waals surface area (Å²) in [6.07, 6.45) is 5.24. The molecule has 2 aromatic heterocycles. The monoisotopic (exact) mass is 315 g/mol. The zero-order valence-corrected chi connectivity index (χ0v) is 13.2. The molecule has 0 aliphatic carbocycles. The van der Waals surface area contributed by atoms with E-state index < -0.39 is 0 Å². The van der Waals surface area contributed by atoms with Gasteiger partial charge in [-0.25, -0.2) is 0 Å². The number of rotatable bonds is 2. The molecule has 0 radical (unpaired) electrons. The summed E-state index contributed by atoms with van der Waals surface area (Å²) in [5.41, 5.74) is 2.90. The molecule has 2 aromatic rings. The molecule has 6 heteroatoms. The summed E-state index contributed by atoms with van der Waals surface area (Å²) in [6, 6.07) is 7.67. The Morgan fingerprint density at radius 1 is 1.14 bits per heavy atom. The lowest BCUT2D eigenvalue weighted by atomic mass is 10.2. The predicted octanol–water partition coefficient (Wildman–Crippen LogP) is 3.04. The first kappa shape index (κ1) is 14.0. The molecule has 1 amide bonds. The number of hydrogen-bond donors (Lipinski definition) is 0. The quantitative estimate of drug-likeness (QED) is 0.631. The summed E-state index contributed by atoms with van der Waals surface area (Å²) in [6.45, 7) is 3.91. The van der Waals surface area contributed by atoms with Crippen molar-refractivity contribution in [1.82, 2.24) is 9.66 Å². The third-order valence-electron chi connectivity index (χ3n) is 3.21. The number of amides is 1. The second kappa shape index (κ2) is 5.46. The normalized spacial score (nSPS) is 17.0. The molecule has 0 spiro atoms. The zero-order chi connectivity index (χ0) is 15.0. The number of nitrogens with zero attached hydrogens (tertiary/aromatic N) is 3. The van der Waals surface area contributed by atoms with Crippen molar-refractivity contribution >= 4 is 40.3 Å². The van der Waals surface area contributed by atoms with E-state index in [2.05, 4.69) is 4.98 Å². The average Bonchev–Trinajstić information content (AvgIpc) is 2.92. The van der Waals surface area contributed by atoms with Crippen molar-refractivity contribution in [2.75, 3.05) is 5.01 Å². The van der Waals surface area contributed by atoms with E-state index in [-0.39, 0.29) is 5.91 Å². The largest absolute Gasteiger partial charge is 0.285 e. The Morgan fingerprint density at radius 2 is 1.76 bits per heavy atom. The number of thiocarbonyl (C=S) groups is 1. The molecule has 1 fully saturated rings. The van der Waals surface area contributed by atoms with Crippen LogP contribution in [0.25, 0.3) is 6.08 Å². The van der Waals surface area contributed by atoms with E-state index in [0.29, 0.717) is 9.23 Å². The summed E-state index contributed by atoms with van der Waals surface area (Å²) in [7, 11) is 0. The van der Waals surface area contributed by atoms with Crippen molar-refractivity contribution in [2.24, 2.45) is 0 Å². The lowest BCUT2D eigenvalue weighted by molar-refractivity contribution is -0.114. The predicted molar refractivity (Wildman–Crippen MR) is 89.5 cm³/mol. The van der Waals surface area contributed by atoms with Gasteiger partial charge in [0.25, 0.3) is 5.91 Å². The first-order valence-electron chi connectivity index (χ1n) is 6.41. The first-order valence-corrected chi connectivity index (χ1v) is 7.63. The maximum Gasteiger partial charge on any atom is 0.285 e. The summed E-state index contributed by atoms with van der Waals surface area (Å²) in [4.78, 5) is 17.2. The fourth-order valence-corrected chi connectivity index (χ4v) is 3.46. The van der Waals surface area contributed by atoms with Crippen LogP contribution in [-0.2, 0) is 4.79 Å². The van der Waals surface area contributed by atoms with Crippen LogP contribution in [0.4, 0.5) is 0 Å². The molecule has 0 saturated carbocycles. The van der Waals surface area contributed by atoms with Crippen LogP contribution in [0.3, 0.4) is 0 Å². The van der Waals surface area contributed by atoms with Gasteiger partial charge in [-0.05, 0) is 62.0 Å². The van der Waals surface area contributed by atoms with Crippen molar-refractivity contribution < 1.29 is 4.79 Å². The van der Waals surface area contributed by atoms with Gasteiger partial charge in [0, 0.05) is 23.8 Å². The van der Waals surface area contributed by atoms with Crippen LogP contribution in [-0.4, -0.2) is 19.9 Å². The Morgan fingerprint density at radius 3 is 2.38 bits per heavy atom. The topological polar surface area (TPSA) is 38.1 Å². The summed E-state index contributed by atoms with van der Waals surface area (Å²) in [5, 5.41) is 1.55. The standard InChI is InChI=1S/C15H13N3OS2/c1-10-3-4-11(2)17(10)18-14(19)13(21-15(18)20)9-12-5-7-16-8-6-12/h3-9H,1-2H3/b13-9+. The number of aromatic nitrogens is 2. The fraction of sp³-hybridized carbons (Fsp3) is 0.133. The lowest BCUT2D eigenvalue weighted by Gasteiger charge is -2.20. The smallest absolute Gasteiger partial charge is 0.266 e. The van der Waals surface area contributed by atoms with Crippen molar-refractivity contribution in [3.63, 3.8) is 0 Å². The van der Waals surface area contributed by atoms with Crippen molar-refractivity contribution in [3.8, 4) is 0 Å². The molecule has 0 bridgehead atoms. The number of carbonyl (C=O) groups is 1. The Hall–Kier alpha value is -1.92. The highest BCUT2D eigenvalue weighted by Crippen LogP contribution is 2.32. The minimum atomic E-state index is -0.0933. The van der Waals surface area contributed by atoms with Crippen molar-refractivity contribution in [2.45, 2.75) is 13.8 Å². The highest BCUT2D eigenvalue weighted by molar-refractivity contribution is 8.27. The van der Waals surface area contributed by atoms with Crippen LogP contribution in [0.2, 0.25) is 0 Å².